The lowest BCUT2D eigenvalue weighted by Crippen LogP contribution is -2.07. The van der Waals surface area contributed by atoms with Crippen LogP contribution in [0.5, 0.6) is 0 Å². The Morgan fingerprint density at radius 3 is 0.898 bits per heavy atom. The van der Waals surface area contributed by atoms with E-state index in [1.807, 2.05) is 0 Å². The number of hydrogen-bond acceptors (Lipinski definition) is 2. The van der Waals surface area contributed by atoms with Crippen LogP contribution in [0.25, 0.3) is 0 Å². The molecule has 0 aromatic heterocycles. The van der Waals surface area contributed by atoms with Crippen molar-refractivity contribution in [2.45, 2.75) is 213 Å². The van der Waals surface area contributed by atoms with E-state index in [0.717, 1.165) is 11.4 Å². The number of hydrogen-bond donors (Lipinski definition) is 2. The molecule has 0 spiro atoms. The maximum absolute atomic E-state index is 6.24. The number of aryl methyl sites for hydroxylation is 2. The molecule has 4 aromatic rings. The van der Waals surface area contributed by atoms with E-state index in [2.05, 4.69) is 120 Å². The molecule has 4 N–H and O–H groups in total. The molecule has 2 nitrogen and oxygen atoms in total. The van der Waals surface area contributed by atoms with Crippen molar-refractivity contribution in [1.82, 2.24) is 0 Å². The lowest BCUT2D eigenvalue weighted by atomic mass is 9.81. The second-order valence-electron chi connectivity index (χ2n) is 18.3. The molecule has 0 bridgehead atoms. The summed E-state index contributed by atoms with van der Waals surface area (Å²) < 4.78 is 0. The van der Waals surface area contributed by atoms with Crippen LogP contribution in [-0.4, -0.2) is 0 Å². The third-order valence-corrected chi connectivity index (χ3v) is 13.4. The maximum Gasteiger partial charge on any atom is 0.0316 e. The summed E-state index contributed by atoms with van der Waals surface area (Å²) in [6.07, 6.45) is 33.4. The molecule has 0 heterocycles. The minimum atomic E-state index is 0.399. The second-order valence-corrected chi connectivity index (χ2v) is 18.3. The monoisotopic (exact) mass is 799 g/mol. The van der Waals surface area contributed by atoms with Crippen molar-refractivity contribution in [3.63, 3.8) is 0 Å². The predicted molar refractivity (Wildman–Crippen MR) is 262 cm³/mol. The van der Waals surface area contributed by atoms with E-state index in [0.29, 0.717) is 17.8 Å². The van der Waals surface area contributed by atoms with Gasteiger partial charge in [0.25, 0.3) is 0 Å². The van der Waals surface area contributed by atoms with Gasteiger partial charge in [-0.15, -0.1) is 0 Å². The molecule has 0 aliphatic rings. The van der Waals surface area contributed by atoms with E-state index in [1.165, 1.54) is 205 Å². The molecule has 0 saturated heterocycles. The normalized spacial score (nSPS) is 13.1. The molecule has 2 unspecified atom stereocenters. The molecule has 4 rings (SSSR count). The topological polar surface area (TPSA) is 52.0 Å². The lowest BCUT2D eigenvalue weighted by Gasteiger charge is -2.24. The zero-order chi connectivity index (χ0) is 42.1. The fourth-order valence-corrected chi connectivity index (χ4v) is 9.71. The van der Waals surface area contributed by atoms with Crippen LogP contribution < -0.4 is 11.5 Å². The van der Waals surface area contributed by atoms with Gasteiger partial charge in [0.1, 0.15) is 0 Å². The smallest absolute Gasteiger partial charge is 0.0316 e. The van der Waals surface area contributed by atoms with Crippen molar-refractivity contribution in [2.24, 2.45) is 0 Å². The molecular weight excluding hydrogens is 713 g/mol. The molecule has 0 radical (unpaired) electrons. The number of nitrogen functional groups attached to an aromatic ring is 2. The SMILES string of the molecule is CCCCCCCCCCCCC(c1ccc(C(CCCC)c2ccc(C(CCCCCCCCCCCC)c3ccc(N)cc3C)cc2)cc1)c1ccc(N)cc1C. The fraction of sp³-hybridized carbons (Fsp3) is 0.579. The molecule has 0 aliphatic carbocycles. The summed E-state index contributed by atoms with van der Waals surface area (Å²) in [6, 6.07) is 32.7. The Morgan fingerprint density at radius 2 is 0.593 bits per heavy atom. The summed E-state index contributed by atoms with van der Waals surface area (Å²) in [5.41, 5.74) is 25.5. The van der Waals surface area contributed by atoms with Crippen LogP contribution in [0.15, 0.2) is 84.9 Å². The predicted octanol–water partition coefficient (Wildman–Crippen LogP) is 17.7. The van der Waals surface area contributed by atoms with Gasteiger partial charge in [0, 0.05) is 29.1 Å². The van der Waals surface area contributed by atoms with E-state index in [4.69, 9.17) is 11.5 Å². The molecule has 2 heteroatoms. The minimum Gasteiger partial charge on any atom is -0.399 e. The van der Waals surface area contributed by atoms with E-state index in [1.54, 1.807) is 0 Å². The molecule has 2 atom stereocenters. The van der Waals surface area contributed by atoms with E-state index >= 15 is 0 Å². The lowest BCUT2D eigenvalue weighted by molar-refractivity contribution is 0.540. The van der Waals surface area contributed by atoms with Gasteiger partial charge in [0.15, 0.2) is 0 Å². The highest BCUT2D eigenvalue weighted by atomic mass is 14.5. The first-order valence-electron chi connectivity index (χ1n) is 24.8. The fourth-order valence-electron chi connectivity index (χ4n) is 9.71. The summed E-state index contributed by atoms with van der Waals surface area (Å²) in [5.74, 6) is 1.20. The molecular formula is C57H86N2. The summed E-state index contributed by atoms with van der Waals surface area (Å²) in [7, 11) is 0. The number of benzene rings is 4. The molecule has 0 amide bonds. The average molecular weight is 799 g/mol. The van der Waals surface area contributed by atoms with E-state index in [9.17, 15) is 0 Å². The third-order valence-electron chi connectivity index (χ3n) is 13.4. The van der Waals surface area contributed by atoms with Gasteiger partial charge in [-0.25, -0.2) is 0 Å². The molecule has 0 aliphatic heterocycles. The molecule has 4 aromatic carbocycles. The van der Waals surface area contributed by atoms with Gasteiger partial charge < -0.3 is 11.5 Å². The standard InChI is InChI=1S/C57H86N2/c1-6-9-12-14-16-18-20-22-24-26-29-56(53-41-39-51(58)43-45(53)4)49-35-31-47(32-36-49)55(28-11-8-3)48-33-37-50(38-34-48)57(54-42-40-52(59)44-46(54)5)30-27-25-23-21-19-17-15-13-10-7-2/h31-44,55-57H,6-30,58-59H2,1-5H3. The van der Waals surface area contributed by atoms with Crippen molar-refractivity contribution in [2.75, 3.05) is 11.5 Å². The van der Waals surface area contributed by atoms with Crippen LogP contribution in [0.2, 0.25) is 0 Å². The van der Waals surface area contributed by atoms with Crippen molar-refractivity contribution < 1.29 is 0 Å². The highest BCUT2D eigenvalue weighted by Gasteiger charge is 2.21. The van der Waals surface area contributed by atoms with Crippen LogP contribution in [-0.2, 0) is 0 Å². The van der Waals surface area contributed by atoms with E-state index in [-0.39, 0.29) is 0 Å². The van der Waals surface area contributed by atoms with Crippen LogP contribution in [0.1, 0.15) is 244 Å². The Hall–Kier alpha value is -3.52. The number of nitrogens with two attached hydrogens (primary N) is 2. The summed E-state index contributed by atoms with van der Waals surface area (Å²) in [4.78, 5) is 0. The van der Waals surface area contributed by atoms with Crippen molar-refractivity contribution in [3.05, 3.63) is 129 Å². The Kier molecular flexibility index (Phi) is 22.9. The largest absolute Gasteiger partial charge is 0.399 e. The van der Waals surface area contributed by atoms with Gasteiger partial charge in [0.05, 0.1) is 0 Å². The number of unbranched alkanes of at least 4 members (excludes halogenated alkanes) is 19. The van der Waals surface area contributed by atoms with Crippen LogP contribution in [0.3, 0.4) is 0 Å². The number of rotatable bonds is 31. The number of anilines is 2. The van der Waals surface area contributed by atoms with Gasteiger partial charge in [0.2, 0.25) is 0 Å². The van der Waals surface area contributed by atoms with Crippen molar-refractivity contribution >= 4 is 11.4 Å². The van der Waals surface area contributed by atoms with E-state index < -0.39 is 0 Å². The second kappa shape index (κ2) is 28.1. The van der Waals surface area contributed by atoms with Crippen LogP contribution in [0, 0.1) is 13.8 Å². The first kappa shape index (κ1) is 48.1. The summed E-state index contributed by atoms with van der Waals surface area (Å²) in [6.45, 7) is 11.4. The highest BCUT2D eigenvalue weighted by Crippen LogP contribution is 2.38. The minimum absolute atomic E-state index is 0.399. The van der Waals surface area contributed by atoms with Gasteiger partial charge in [-0.2, -0.15) is 0 Å². The summed E-state index contributed by atoms with van der Waals surface area (Å²) in [5, 5.41) is 0. The Balaban J connectivity index is 1.46. The Bertz CT molecular complexity index is 1560. The molecule has 324 valence electrons. The van der Waals surface area contributed by atoms with Gasteiger partial charge in [-0.3, -0.25) is 0 Å². The van der Waals surface area contributed by atoms with Gasteiger partial charge in [-0.1, -0.05) is 223 Å². The zero-order valence-electron chi connectivity index (χ0n) is 38.6. The maximum atomic E-state index is 6.24. The highest BCUT2D eigenvalue weighted by molar-refractivity contribution is 5.50. The van der Waals surface area contributed by atoms with Gasteiger partial charge in [-0.05, 0) is 102 Å². The zero-order valence-corrected chi connectivity index (χ0v) is 38.6. The first-order valence-corrected chi connectivity index (χ1v) is 24.8. The Morgan fingerprint density at radius 1 is 0.322 bits per heavy atom. The molecule has 59 heavy (non-hydrogen) atoms. The van der Waals surface area contributed by atoms with Gasteiger partial charge >= 0.3 is 0 Å². The van der Waals surface area contributed by atoms with Crippen molar-refractivity contribution in [3.8, 4) is 0 Å². The van der Waals surface area contributed by atoms with Crippen molar-refractivity contribution in [1.29, 1.82) is 0 Å². The summed E-state index contributed by atoms with van der Waals surface area (Å²) >= 11 is 0. The molecule has 0 fully saturated rings. The third kappa shape index (κ3) is 16.8. The average Bonchev–Trinajstić information content (AvgIpc) is 3.23. The Labute approximate surface area is 363 Å². The first-order chi connectivity index (χ1) is 28.9. The van der Waals surface area contributed by atoms with Crippen LogP contribution >= 0.6 is 0 Å². The van der Waals surface area contributed by atoms with Crippen LogP contribution in [0.4, 0.5) is 11.4 Å². The molecule has 0 saturated carbocycles. The quantitative estimate of drug-likeness (QED) is 0.0394.